The molecule has 0 unspecified atom stereocenters. The first-order valence-corrected chi connectivity index (χ1v) is 15.8. The van der Waals surface area contributed by atoms with E-state index in [2.05, 4.69) is 25.9 Å². The second kappa shape index (κ2) is 13.1. The third kappa shape index (κ3) is 6.88. The van der Waals surface area contributed by atoms with E-state index in [1.807, 2.05) is 0 Å². The van der Waals surface area contributed by atoms with Crippen molar-refractivity contribution in [2.45, 2.75) is 62.8 Å². The Bertz CT molecular complexity index is 1510. The van der Waals surface area contributed by atoms with Crippen LogP contribution in [0.1, 0.15) is 60.5 Å². The normalized spacial score (nSPS) is 20.6. The second-order valence-corrected chi connectivity index (χ2v) is 12.3. The van der Waals surface area contributed by atoms with Crippen molar-refractivity contribution in [1.82, 2.24) is 30.4 Å². The lowest BCUT2D eigenvalue weighted by atomic mass is 10.1. The number of rotatable bonds is 8. The summed E-state index contributed by atoms with van der Waals surface area (Å²) in [5.74, 6) is -1.24. The molecule has 2 aliphatic heterocycles. The van der Waals surface area contributed by atoms with Crippen LogP contribution in [0.4, 0.5) is 14.3 Å². The topological polar surface area (TPSA) is 137 Å². The van der Waals surface area contributed by atoms with Crippen molar-refractivity contribution in [1.29, 1.82) is 0 Å². The van der Waals surface area contributed by atoms with Crippen LogP contribution in [0.2, 0.25) is 0 Å². The fourth-order valence-corrected chi connectivity index (χ4v) is 6.25. The minimum atomic E-state index is -1.40. The van der Waals surface area contributed by atoms with E-state index in [4.69, 9.17) is 0 Å². The van der Waals surface area contributed by atoms with Crippen LogP contribution in [0.25, 0.3) is 11.3 Å². The number of hydrogen-bond acceptors (Lipinski definition) is 7. The molecule has 5 amide bonds. The molecule has 44 heavy (non-hydrogen) atoms. The number of amides is 5. The number of benzene rings is 1. The van der Waals surface area contributed by atoms with Gasteiger partial charge in [-0.15, -0.1) is 11.3 Å². The van der Waals surface area contributed by atoms with Gasteiger partial charge < -0.3 is 25.8 Å². The fraction of sp³-hybridized carbons (Fsp3) is 0.419. The number of aromatic nitrogens is 2. The van der Waals surface area contributed by atoms with Crippen LogP contribution in [0, 0.1) is 0 Å². The van der Waals surface area contributed by atoms with Crippen molar-refractivity contribution in [3.05, 3.63) is 65.3 Å². The molecule has 3 aromatic rings. The minimum absolute atomic E-state index is 0.107. The highest BCUT2D eigenvalue weighted by Gasteiger charge is 2.43. The molecule has 2 saturated heterocycles. The molecule has 0 bridgehead atoms. The molecule has 230 valence electrons. The first kappa shape index (κ1) is 29.7. The Labute approximate surface area is 258 Å². The van der Waals surface area contributed by atoms with Gasteiger partial charge in [-0.1, -0.05) is 18.2 Å². The smallest absolute Gasteiger partial charge is 0.318 e. The summed E-state index contributed by atoms with van der Waals surface area (Å²) in [6.45, 7) is 0.921. The van der Waals surface area contributed by atoms with E-state index in [-0.39, 0.29) is 30.9 Å². The number of likely N-dealkylation sites (tertiary alicyclic amines) is 2. The van der Waals surface area contributed by atoms with E-state index in [9.17, 15) is 23.6 Å². The number of carbonyl (C=O) groups is 4. The lowest BCUT2D eigenvalue weighted by molar-refractivity contribution is -0.138. The molecule has 2 aromatic heterocycles. The van der Waals surface area contributed by atoms with E-state index in [1.54, 1.807) is 52.9 Å². The van der Waals surface area contributed by atoms with Gasteiger partial charge in [-0.05, 0) is 50.3 Å². The highest BCUT2D eigenvalue weighted by atomic mass is 32.1. The predicted molar refractivity (Wildman–Crippen MR) is 163 cm³/mol. The minimum Gasteiger partial charge on any atom is -0.349 e. The van der Waals surface area contributed by atoms with Gasteiger partial charge in [0, 0.05) is 60.0 Å². The lowest BCUT2D eigenvalue weighted by Crippen LogP contribution is -2.51. The van der Waals surface area contributed by atoms with Gasteiger partial charge in [-0.2, -0.15) is 0 Å². The van der Waals surface area contributed by atoms with Crippen molar-refractivity contribution in [2.75, 3.05) is 25.0 Å². The van der Waals surface area contributed by atoms with Gasteiger partial charge in [0.15, 0.2) is 5.13 Å². The molecule has 0 spiro atoms. The van der Waals surface area contributed by atoms with E-state index < -0.39 is 30.1 Å². The summed E-state index contributed by atoms with van der Waals surface area (Å²) in [6, 6.07) is 8.07. The van der Waals surface area contributed by atoms with Crippen LogP contribution in [0.5, 0.6) is 0 Å². The molecule has 3 atom stereocenters. The molecule has 6 rings (SSSR count). The molecule has 3 aliphatic rings. The van der Waals surface area contributed by atoms with Gasteiger partial charge in [0.1, 0.15) is 18.3 Å². The average molecular weight is 620 g/mol. The summed E-state index contributed by atoms with van der Waals surface area (Å²) in [6.07, 6.45) is 6.32. The van der Waals surface area contributed by atoms with Crippen molar-refractivity contribution in [2.24, 2.45) is 0 Å². The largest absolute Gasteiger partial charge is 0.349 e. The van der Waals surface area contributed by atoms with Gasteiger partial charge in [-0.25, -0.2) is 14.2 Å². The Morgan fingerprint density at radius 1 is 1.02 bits per heavy atom. The summed E-state index contributed by atoms with van der Waals surface area (Å²) in [4.78, 5) is 64.1. The highest BCUT2D eigenvalue weighted by Crippen LogP contribution is 2.29. The summed E-state index contributed by atoms with van der Waals surface area (Å²) < 4.78 is 14.8. The first-order valence-electron chi connectivity index (χ1n) is 14.9. The number of nitrogens with zero attached hydrogens (tertiary/aromatic N) is 4. The number of hydrogen-bond donors (Lipinski definition) is 3. The number of pyridine rings is 1. The maximum Gasteiger partial charge on any atom is 0.318 e. The zero-order valence-corrected chi connectivity index (χ0v) is 24.9. The number of thiazole rings is 1. The molecule has 3 fully saturated rings. The quantitative estimate of drug-likeness (QED) is 0.350. The predicted octanol–water partition coefficient (Wildman–Crippen LogP) is 3.91. The number of nitrogens with one attached hydrogen (secondary N) is 3. The Hall–Kier alpha value is -4.39. The second-order valence-electron chi connectivity index (χ2n) is 11.4. The number of alkyl halides is 1. The third-order valence-corrected chi connectivity index (χ3v) is 8.86. The van der Waals surface area contributed by atoms with Crippen molar-refractivity contribution in [3.63, 3.8) is 0 Å². The van der Waals surface area contributed by atoms with Gasteiger partial charge in [0.25, 0.3) is 11.8 Å². The number of halogens is 1. The van der Waals surface area contributed by atoms with Crippen LogP contribution in [0.15, 0.2) is 54.2 Å². The van der Waals surface area contributed by atoms with E-state index in [0.717, 1.165) is 37.7 Å². The summed E-state index contributed by atoms with van der Waals surface area (Å²) >= 11 is 1.21. The van der Waals surface area contributed by atoms with Crippen LogP contribution >= 0.6 is 11.3 Å². The molecule has 1 aliphatic carbocycles. The lowest BCUT2D eigenvalue weighted by Gasteiger charge is -2.31. The monoisotopic (exact) mass is 619 g/mol. The Balaban J connectivity index is 1.14. The first-order chi connectivity index (χ1) is 21.4. The zero-order chi connectivity index (χ0) is 30.6. The maximum atomic E-state index is 14.8. The van der Waals surface area contributed by atoms with Gasteiger partial charge >= 0.3 is 6.03 Å². The number of anilines is 1. The highest BCUT2D eigenvalue weighted by molar-refractivity contribution is 7.14. The molecule has 3 N–H and O–H groups in total. The molecular weight excluding hydrogens is 585 g/mol. The van der Waals surface area contributed by atoms with Crippen LogP contribution < -0.4 is 16.0 Å². The summed E-state index contributed by atoms with van der Waals surface area (Å²) in [5, 5.41) is 10.6. The van der Waals surface area contributed by atoms with E-state index >= 15 is 0 Å². The number of carbonyl (C=O) groups excluding carboxylic acids is 4. The number of piperidine rings is 1. The number of urea groups is 1. The van der Waals surface area contributed by atoms with Gasteiger partial charge in [0.2, 0.25) is 5.91 Å². The standard InChI is InChI=1S/C31H34FN7O4S/c32-22-15-25(28(41)37-30-35-24(18-44-30)19-6-8-20(9-7-19)27(40)34-23-10-11-23)39(17-22)29(42)26(21-5-4-12-33-16-21)36-31(43)38-13-2-1-3-14-38/h4-9,12,16,18,22-23,25-26H,1-3,10-11,13-15,17H2,(H,34,40)(H,36,43)(H,35,37,41)/t22-,25-,26+/m0/s1. The molecule has 1 aromatic carbocycles. The zero-order valence-electron chi connectivity index (χ0n) is 24.1. The molecule has 4 heterocycles. The molecule has 0 radical (unpaired) electrons. The van der Waals surface area contributed by atoms with Gasteiger partial charge in [0.05, 0.1) is 12.2 Å². The molecule has 11 nitrogen and oxygen atoms in total. The Kier molecular flexibility index (Phi) is 8.82. The average Bonchev–Trinajstić information content (AvgIpc) is 3.59. The third-order valence-electron chi connectivity index (χ3n) is 8.10. The molecular formula is C31H34FN7O4S. The van der Waals surface area contributed by atoms with Crippen LogP contribution in [-0.2, 0) is 9.59 Å². The summed E-state index contributed by atoms with van der Waals surface area (Å²) in [7, 11) is 0. The molecule has 1 saturated carbocycles. The van der Waals surface area contributed by atoms with Crippen molar-refractivity contribution >= 4 is 40.2 Å². The van der Waals surface area contributed by atoms with E-state index in [1.165, 1.54) is 22.4 Å². The van der Waals surface area contributed by atoms with E-state index in [0.29, 0.717) is 35.0 Å². The van der Waals surface area contributed by atoms with Crippen LogP contribution in [0.3, 0.4) is 0 Å². The fourth-order valence-electron chi connectivity index (χ4n) is 5.53. The van der Waals surface area contributed by atoms with Gasteiger partial charge in [-0.3, -0.25) is 19.4 Å². The molecule has 13 heteroatoms. The summed E-state index contributed by atoms with van der Waals surface area (Å²) in [5.41, 5.74) is 2.40. The van der Waals surface area contributed by atoms with Crippen molar-refractivity contribution in [3.8, 4) is 11.3 Å². The SMILES string of the molecule is O=C(NC1CC1)c1ccc(-c2csc(NC(=O)[C@@H]3C[C@H](F)CN3C(=O)[C@H](NC(=O)N3CCCCC3)c3cccnc3)n2)cc1. The maximum absolute atomic E-state index is 14.8. The Morgan fingerprint density at radius 2 is 1.80 bits per heavy atom. The van der Waals surface area contributed by atoms with Crippen molar-refractivity contribution < 1.29 is 23.6 Å². The van der Waals surface area contributed by atoms with Crippen LogP contribution in [-0.4, -0.2) is 81.4 Å². The Morgan fingerprint density at radius 3 is 2.50 bits per heavy atom.